The molecule has 0 aliphatic rings. The number of ether oxygens (including phenoxy) is 4. The van der Waals surface area contributed by atoms with Gasteiger partial charge in [0, 0.05) is 25.7 Å². The van der Waals surface area contributed by atoms with E-state index in [1.165, 1.54) is 212 Å². The molecular formula is C78H152O17P2. The van der Waals surface area contributed by atoms with Crippen LogP contribution in [0.1, 0.15) is 402 Å². The lowest BCUT2D eigenvalue weighted by Crippen LogP contribution is -2.30. The van der Waals surface area contributed by atoms with Gasteiger partial charge in [-0.2, -0.15) is 0 Å². The number of rotatable bonds is 76. The van der Waals surface area contributed by atoms with E-state index in [-0.39, 0.29) is 25.7 Å². The molecule has 0 bridgehead atoms. The van der Waals surface area contributed by atoms with Gasteiger partial charge >= 0.3 is 39.5 Å². The van der Waals surface area contributed by atoms with Crippen LogP contribution in [0.15, 0.2) is 0 Å². The second-order valence-electron chi connectivity index (χ2n) is 29.1. The Labute approximate surface area is 594 Å². The van der Waals surface area contributed by atoms with Crippen molar-refractivity contribution in [1.82, 2.24) is 0 Å². The van der Waals surface area contributed by atoms with Gasteiger partial charge in [0.15, 0.2) is 12.2 Å². The molecule has 3 N–H and O–H groups in total. The first kappa shape index (κ1) is 95.1. The lowest BCUT2D eigenvalue weighted by atomic mass is 9.99. The van der Waals surface area contributed by atoms with Crippen molar-refractivity contribution in [3.05, 3.63) is 0 Å². The molecule has 0 saturated carbocycles. The molecule has 0 aromatic carbocycles. The maximum Gasteiger partial charge on any atom is 0.472 e. The Kier molecular flexibility index (Phi) is 67.1. The number of hydrogen-bond acceptors (Lipinski definition) is 15. The van der Waals surface area contributed by atoms with E-state index in [4.69, 9.17) is 37.0 Å². The Balaban J connectivity index is 5.28. The smallest absolute Gasteiger partial charge is 0.462 e. The van der Waals surface area contributed by atoms with E-state index in [1.807, 2.05) is 0 Å². The average Bonchev–Trinajstić information content (AvgIpc) is 1.44. The summed E-state index contributed by atoms with van der Waals surface area (Å²) in [4.78, 5) is 73.0. The first-order valence-electron chi connectivity index (χ1n) is 40.4. The van der Waals surface area contributed by atoms with Crippen LogP contribution in [0.4, 0.5) is 0 Å². The van der Waals surface area contributed by atoms with E-state index >= 15 is 0 Å². The zero-order valence-electron chi connectivity index (χ0n) is 63.5. The molecule has 0 aromatic heterocycles. The second-order valence-corrected chi connectivity index (χ2v) is 32.0. The van der Waals surface area contributed by atoms with E-state index in [9.17, 15) is 43.2 Å². The van der Waals surface area contributed by atoms with Gasteiger partial charge in [0.2, 0.25) is 0 Å². The SMILES string of the molecule is CCCCCCCCCCCCCCCC(=O)OC[C@H](COP(=O)(O)OC[C@H](O)COP(=O)(O)OC[C@@H](COC(=O)CCCCCCCCCCCCC(C)CC)OC(=O)CCCCCCCCCCCCCCCC(C)C)OC(=O)CCCCCCCCCCCCC(C)CC. The standard InChI is InChI=1S/C78H152O17P2/c1-8-11-12-13-14-15-16-18-22-31-38-45-52-59-75(80)88-65-74(95-78(83)62-55-48-41-34-27-25-30-37-44-51-58-71(7)10-3)68-93-97(86,87)91-64-72(79)63-90-96(84,85)92-67-73(66-89-76(81)60-53-46-39-32-26-24-29-36-43-50-57-70(6)9-2)94-77(82)61-54-47-40-33-23-20-17-19-21-28-35-42-49-56-69(4)5/h69-74,79H,8-68H2,1-7H3,(H,84,85)(H,86,87)/t70?,71?,72-,73-,74-/m1/s1. The van der Waals surface area contributed by atoms with Crippen LogP contribution in [0.3, 0.4) is 0 Å². The molecule has 0 amide bonds. The van der Waals surface area contributed by atoms with Crippen molar-refractivity contribution < 1.29 is 80.2 Å². The van der Waals surface area contributed by atoms with E-state index in [2.05, 4.69) is 48.5 Å². The fraction of sp³-hybridized carbons (Fsp3) is 0.949. The predicted octanol–water partition coefficient (Wildman–Crippen LogP) is 23.0. The number of aliphatic hydroxyl groups excluding tert-OH is 1. The third-order valence-corrected chi connectivity index (χ3v) is 20.8. The van der Waals surface area contributed by atoms with Crippen molar-refractivity contribution in [3.8, 4) is 0 Å². The van der Waals surface area contributed by atoms with Crippen molar-refractivity contribution in [3.63, 3.8) is 0 Å². The average molecular weight is 1420 g/mol. The van der Waals surface area contributed by atoms with Gasteiger partial charge in [-0.05, 0) is 43.4 Å². The number of esters is 4. The third kappa shape index (κ3) is 69.5. The fourth-order valence-electron chi connectivity index (χ4n) is 11.9. The Morgan fingerprint density at radius 2 is 0.526 bits per heavy atom. The maximum atomic E-state index is 13.1. The van der Waals surface area contributed by atoms with Gasteiger partial charge in [0.1, 0.15) is 19.3 Å². The van der Waals surface area contributed by atoms with E-state index < -0.39 is 97.5 Å². The topological polar surface area (TPSA) is 237 Å². The molecule has 0 aliphatic carbocycles. The van der Waals surface area contributed by atoms with Crippen LogP contribution < -0.4 is 0 Å². The maximum absolute atomic E-state index is 13.1. The van der Waals surface area contributed by atoms with Gasteiger partial charge in [-0.25, -0.2) is 9.13 Å². The number of carbonyl (C=O) groups excluding carboxylic acids is 4. The molecule has 7 atom stereocenters. The Morgan fingerprint density at radius 3 is 0.784 bits per heavy atom. The summed E-state index contributed by atoms with van der Waals surface area (Å²) in [6.45, 7) is 12.0. The molecule has 0 aromatic rings. The predicted molar refractivity (Wildman–Crippen MR) is 395 cm³/mol. The van der Waals surface area contributed by atoms with Crippen molar-refractivity contribution in [2.75, 3.05) is 39.6 Å². The van der Waals surface area contributed by atoms with Gasteiger partial charge < -0.3 is 33.8 Å². The van der Waals surface area contributed by atoms with Crippen molar-refractivity contribution in [2.45, 2.75) is 420 Å². The minimum Gasteiger partial charge on any atom is -0.462 e. The largest absolute Gasteiger partial charge is 0.472 e. The summed E-state index contributed by atoms with van der Waals surface area (Å²) >= 11 is 0. The zero-order valence-corrected chi connectivity index (χ0v) is 65.3. The number of unbranched alkanes of at least 4 members (excludes halogenated alkanes) is 42. The van der Waals surface area contributed by atoms with E-state index in [0.29, 0.717) is 25.7 Å². The van der Waals surface area contributed by atoms with E-state index in [0.717, 1.165) is 108 Å². The molecule has 0 heterocycles. The molecule has 19 heteroatoms. The van der Waals surface area contributed by atoms with Crippen LogP contribution in [-0.4, -0.2) is 96.7 Å². The molecule has 0 spiro atoms. The number of phosphoric ester groups is 2. The number of phosphoric acid groups is 2. The normalized spacial score (nSPS) is 14.6. The van der Waals surface area contributed by atoms with Crippen LogP contribution >= 0.6 is 15.6 Å². The van der Waals surface area contributed by atoms with Gasteiger partial charge in [-0.3, -0.25) is 37.3 Å². The van der Waals surface area contributed by atoms with Gasteiger partial charge in [-0.15, -0.1) is 0 Å². The molecule has 576 valence electrons. The highest BCUT2D eigenvalue weighted by atomic mass is 31.2. The van der Waals surface area contributed by atoms with Crippen LogP contribution in [-0.2, 0) is 65.4 Å². The summed E-state index contributed by atoms with van der Waals surface area (Å²) in [6, 6.07) is 0. The molecule has 0 saturated heterocycles. The lowest BCUT2D eigenvalue weighted by molar-refractivity contribution is -0.161. The molecule has 0 fully saturated rings. The third-order valence-electron chi connectivity index (χ3n) is 18.9. The van der Waals surface area contributed by atoms with Crippen molar-refractivity contribution >= 4 is 39.5 Å². The van der Waals surface area contributed by atoms with Crippen LogP contribution in [0.2, 0.25) is 0 Å². The van der Waals surface area contributed by atoms with Crippen molar-refractivity contribution in [2.24, 2.45) is 17.8 Å². The zero-order chi connectivity index (χ0) is 71.6. The summed E-state index contributed by atoms with van der Waals surface area (Å²) in [5, 5.41) is 10.6. The molecule has 0 rings (SSSR count). The highest BCUT2D eigenvalue weighted by Gasteiger charge is 2.30. The first-order valence-corrected chi connectivity index (χ1v) is 43.4. The summed E-state index contributed by atoms with van der Waals surface area (Å²) in [5.41, 5.74) is 0. The number of aliphatic hydroxyl groups is 1. The highest BCUT2D eigenvalue weighted by Crippen LogP contribution is 2.45. The quantitative estimate of drug-likeness (QED) is 0.0222. The minimum absolute atomic E-state index is 0.106. The summed E-state index contributed by atoms with van der Waals surface area (Å²) < 4.78 is 68.7. The van der Waals surface area contributed by atoms with Crippen LogP contribution in [0.5, 0.6) is 0 Å². The molecule has 0 radical (unpaired) electrons. The molecule has 97 heavy (non-hydrogen) atoms. The number of carbonyl (C=O) groups is 4. The Bertz CT molecular complexity index is 1890. The van der Waals surface area contributed by atoms with Crippen LogP contribution in [0.25, 0.3) is 0 Å². The van der Waals surface area contributed by atoms with Gasteiger partial charge in [-0.1, -0.05) is 350 Å². The fourth-order valence-corrected chi connectivity index (χ4v) is 13.5. The minimum atomic E-state index is -4.96. The molecular weight excluding hydrogens is 1270 g/mol. The lowest BCUT2D eigenvalue weighted by Gasteiger charge is -2.21. The summed E-state index contributed by atoms with van der Waals surface area (Å²) in [6.07, 6.45) is 55.2. The van der Waals surface area contributed by atoms with Gasteiger partial charge in [0.05, 0.1) is 26.4 Å². The summed E-state index contributed by atoms with van der Waals surface area (Å²) in [5.74, 6) is 0.286. The van der Waals surface area contributed by atoms with Gasteiger partial charge in [0.25, 0.3) is 0 Å². The summed E-state index contributed by atoms with van der Waals surface area (Å²) in [7, 11) is -9.92. The monoisotopic (exact) mass is 1420 g/mol. The Morgan fingerprint density at radius 1 is 0.299 bits per heavy atom. The Hall–Kier alpha value is -1.94. The second kappa shape index (κ2) is 68.5. The molecule has 0 aliphatic heterocycles. The van der Waals surface area contributed by atoms with Crippen molar-refractivity contribution in [1.29, 1.82) is 0 Å². The molecule has 4 unspecified atom stereocenters. The first-order chi connectivity index (χ1) is 46.8. The number of hydrogen-bond donors (Lipinski definition) is 3. The van der Waals surface area contributed by atoms with Crippen LogP contribution in [0, 0.1) is 17.8 Å². The molecule has 17 nitrogen and oxygen atoms in total. The highest BCUT2D eigenvalue weighted by molar-refractivity contribution is 7.47. The van der Waals surface area contributed by atoms with E-state index in [1.54, 1.807) is 0 Å².